The van der Waals surface area contributed by atoms with Gasteiger partial charge in [-0.2, -0.15) is 5.26 Å². The van der Waals surface area contributed by atoms with Gasteiger partial charge in [-0.15, -0.1) is 0 Å². The van der Waals surface area contributed by atoms with E-state index in [0.29, 0.717) is 23.9 Å². The highest BCUT2D eigenvalue weighted by Gasteiger charge is 2.18. The number of nitrogens with one attached hydrogen (secondary N) is 1. The monoisotopic (exact) mass is 493 g/mol. The SMILES string of the molecule is N#C/C(=C/c1ccccc1I)C(=O)Nc1cc(Cl)ccc1N1CCOCC1. The number of rotatable bonds is 4. The van der Waals surface area contributed by atoms with E-state index in [1.165, 1.54) is 0 Å². The predicted molar refractivity (Wildman–Crippen MR) is 116 cm³/mol. The molecule has 1 aliphatic heterocycles. The van der Waals surface area contributed by atoms with Gasteiger partial charge in [0.1, 0.15) is 11.6 Å². The van der Waals surface area contributed by atoms with Crippen molar-refractivity contribution in [1.29, 1.82) is 5.26 Å². The van der Waals surface area contributed by atoms with Crippen molar-refractivity contribution in [2.75, 3.05) is 36.5 Å². The zero-order chi connectivity index (χ0) is 19.2. The van der Waals surface area contributed by atoms with E-state index in [0.717, 1.165) is 27.9 Å². The zero-order valence-corrected chi connectivity index (χ0v) is 17.3. The number of anilines is 2. The summed E-state index contributed by atoms with van der Waals surface area (Å²) < 4.78 is 6.36. The van der Waals surface area contributed by atoms with E-state index in [-0.39, 0.29) is 5.57 Å². The van der Waals surface area contributed by atoms with Crippen LogP contribution in [0.3, 0.4) is 0 Å². The summed E-state index contributed by atoms with van der Waals surface area (Å²) in [5.41, 5.74) is 2.30. The first kappa shape index (κ1) is 19.7. The van der Waals surface area contributed by atoms with E-state index in [4.69, 9.17) is 16.3 Å². The Bertz CT molecular complexity index is 918. The van der Waals surface area contributed by atoms with Crippen molar-refractivity contribution < 1.29 is 9.53 Å². The molecular weight excluding hydrogens is 477 g/mol. The van der Waals surface area contributed by atoms with Crippen molar-refractivity contribution >= 4 is 57.5 Å². The quantitative estimate of drug-likeness (QED) is 0.391. The van der Waals surface area contributed by atoms with Crippen molar-refractivity contribution in [2.24, 2.45) is 0 Å². The highest BCUT2D eigenvalue weighted by Crippen LogP contribution is 2.30. The zero-order valence-electron chi connectivity index (χ0n) is 14.4. The summed E-state index contributed by atoms with van der Waals surface area (Å²) in [5.74, 6) is -0.464. The van der Waals surface area contributed by atoms with Crippen LogP contribution in [0.1, 0.15) is 5.56 Å². The van der Waals surface area contributed by atoms with Crippen LogP contribution < -0.4 is 10.2 Å². The Hall–Kier alpha value is -2.08. The van der Waals surface area contributed by atoms with E-state index >= 15 is 0 Å². The molecular formula is C20H17ClIN3O2. The molecule has 138 valence electrons. The Morgan fingerprint density at radius 3 is 2.70 bits per heavy atom. The number of nitriles is 1. The standard InChI is InChI=1S/C20H17ClIN3O2/c21-16-5-6-19(25-7-9-27-10-8-25)18(12-16)24-20(26)15(13-23)11-14-3-1-2-4-17(14)22/h1-6,11-12H,7-10H2,(H,24,26)/b15-11-. The maximum absolute atomic E-state index is 12.7. The molecule has 0 aliphatic carbocycles. The molecule has 2 aromatic rings. The molecule has 0 radical (unpaired) electrons. The van der Waals surface area contributed by atoms with Gasteiger partial charge < -0.3 is 15.0 Å². The smallest absolute Gasteiger partial charge is 0.266 e. The lowest BCUT2D eigenvalue weighted by Gasteiger charge is -2.30. The van der Waals surface area contributed by atoms with Crippen molar-refractivity contribution in [3.8, 4) is 6.07 Å². The van der Waals surface area contributed by atoms with Crippen LogP contribution in [0.2, 0.25) is 5.02 Å². The molecule has 1 heterocycles. The minimum absolute atomic E-state index is 0.0343. The van der Waals surface area contributed by atoms with Crippen LogP contribution in [0.4, 0.5) is 11.4 Å². The maximum atomic E-state index is 12.7. The van der Waals surface area contributed by atoms with Crippen LogP contribution in [0.25, 0.3) is 6.08 Å². The Labute approximate surface area is 176 Å². The van der Waals surface area contributed by atoms with Crippen LogP contribution in [0, 0.1) is 14.9 Å². The molecule has 0 aromatic heterocycles. The first-order valence-corrected chi connectivity index (χ1v) is 9.84. The number of halogens is 2. The highest BCUT2D eigenvalue weighted by atomic mass is 127. The first-order valence-electron chi connectivity index (χ1n) is 8.38. The molecule has 0 bridgehead atoms. The molecule has 0 spiro atoms. The Balaban J connectivity index is 1.87. The summed E-state index contributed by atoms with van der Waals surface area (Å²) in [6, 6.07) is 14.9. The number of carbonyl (C=O) groups excluding carboxylic acids is 1. The van der Waals surface area contributed by atoms with Gasteiger partial charge in [0.25, 0.3) is 5.91 Å². The molecule has 5 nitrogen and oxygen atoms in total. The van der Waals surface area contributed by atoms with Crippen LogP contribution in [-0.4, -0.2) is 32.2 Å². The van der Waals surface area contributed by atoms with E-state index in [1.807, 2.05) is 36.4 Å². The van der Waals surface area contributed by atoms with E-state index in [2.05, 4.69) is 32.8 Å². The van der Waals surface area contributed by atoms with Crippen molar-refractivity contribution in [1.82, 2.24) is 0 Å². The van der Waals surface area contributed by atoms with Gasteiger partial charge in [0, 0.05) is 21.7 Å². The number of hydrogen-bond donors (Lipinski definition) is 1. The van der Waals surface area contributed by atoms with Crippen LogP contribution >= 0.6 is 34.2 Å². The third kappa shape index (κ3) is 5.01. The molecule has 1 fully saturated rings. The molecule has 27 heavy (non-hydrogen) atoms. The Morgan fingerprint density at radius 1 is 1.26 bits per heavy atom. The molecule has 1 amide bonds. The van der Waals surface area contributed by atoms with Gasteiger partial charge in [-0.1, -0.05) is 29.8 Å². The maximum Gasteiger partial charge on any atom is 0.266 e. The molecule has 2 aromatic carbocycles. The number of nitrogens with zero attached hydrogens (tertiary/aromatic N) is 2. The van der Waals surface area contributed by atoms with Crippen LogP contribution in [0.5, 0.6) is 0 Å². The topological polar surface area (TPSA) is 65.4 Å². The molecule has 0 unspecified atom stereocenters. The van der Waals surface area contributed by atoms with Crippen molar-refractivity contribution in [3.63, 3.8) is 0 Å². The molecule has 1 aliphatic rings. The highest BCUT2D eigenvalue weighted by molar-refractivity contribution is 14.1. The number of carbonyl (C=O) groups is 1. The summed E-state index contributed by atoms with van der Waals surface area (Å²) in [7, 11) is 0. The van der Waals surface area contributed by atoms with Gasteiger partial charge in [-0.05, 0) is 58.5 Å². The van der Waals surface area contributed by atoms with Crippen molar-refractivity contribution in [2.45, 2.75) is 0 Å². The normalized spacial score (nSPS) is 14.6. The van der Waals surface area contributed by atoms with Crippen LogP contribution in [-0.2, 0) is 9.53 Å². The molecule has 7 heteroatoms. The molecule has 1 saturated heterocycles. The van der Waals surface area contributed by atoms with Crippen molar-refractivity contribution in [3.05, 3.63) is 62.2 Å². The second kappa shape index (κ2) is 9.22. The summed E-state index contributed by atoms with van der Waals surface area (Å²) in [4.78, 5) is 14.8. The van der Waals surface area contributed by atoms with Crippen LogP contribution in [0.15, 0.2) is 48.0 Å². The molecule has 1 N–H and O–H groups in total. The number of hydrogen-bond acceptors (Lipinski definition) is 4. The third-order valence-corrected chi connectivity index (χ3v) is 5.35. The predicted octanol–water partition coefficient (Wildman–Crippen LogP) is 4.33. The fourth-order valence-electron chi connectivity index (χ4n) is 2.77. The minimum Gasteiger partial charge on any atom is -0.378 e. The van der Waals surface area contributed by atoms with Gasteiger partial charge in [0.2, 0.25) is 0 Å². The largest absolute Gasteiger partial charge is 0.378 e. The third-order valence-electron chi connectivity index (χ3n) is 4.13. The van der Waals surface area contributed by atoms with Gasteiger partial charge in [-0.25, -0.2) is 0 Å². The van der Waals surface area contributed by atoms with E-state index < -0.39 is 5.91 Å². The lowest BCUT2D eigenvalue weighted by Crippen LogP contribution is -2.36. The minimum atomic E-state index is -0.464. The molecule has 0 atom stereocenters. The van der Waals surface area contributed by atoms with Gasteiger partial charge in [0.05, 0.1) is 24.6 Å². The fraction of sp³-hybridized carbons (Fsp3) is 0.200. The Morgan fingerprint density at radius 2 is 2.00 bits per heavy atom. The number of benzene rings is 2. The lowest BCUT2D eigenvalue weighted by atomic mass is 10.1. The van der Waals surface area contributed by atoms with E-state index in [1.54, 1.807) is 18.2 Å². The summed E-state index contributed by atoms with van der Waals surface area (Å²) in [6.45, 7) is 2.72. The van der Waals surface area contributed by atoms with Gasteiger partial charge >= 0.3 is 0 Å². The average molecular weight is 494 g/mol. The number of ether oxygens (including phenoxy) is 1. The number of morpholine rings is 1. The second-order valence-corrected chi connectivity index (χ2v) is 7.50. The van der Waals surface area contributed by atoms with Gasteiger partial charge in [-0.3, -0.25) is 4.79 Å². The molecule has 0 saturated carbocycles. The first-order chi connectivity index (χ1) is 13.1. The second-order valence-electron chi connectivity index (χ2n) is 5.91. The lowest BCUT2D eigenvalue weighted by molar-refractivity contribution is -0.112. The molecule has 3 rings (SSSR count). The van der Waals surface area contributed by atoms with Gasteiger partial charge in [0.15, 0.2) is 0 Å². The average Bonchev–Trinajstić information content (AvgIpc) is 2.68. The van der Waals surface area contributed by atoms with E-state index in [9.17, 15) is 10.1 Å². The Kier molecular flexibility index (Phi) is 6.72. The summed E-state index contributed by atoms with van der Waals surface area (Å²) in [5, 5.41) is 12.8. The fourth-order valence-corrected chi connectivity index (χ4v) is 3.49. The summed E-state index contributed by atoms with van der Waals surface area (Å²) >= 11 is 8.30. The summed E-state index contributed by atoms with van der Waals surface area (Å²) in [6.07, 6.45) is 1.59. The number of amides is 1.